The minimum atomic E-state index is -4.25. The molecule has 28 nitrogen and oxygen atoms in total. The van der Waals surface area contributed by atoms with Crippen LogP contribution in [0.2, 0.25) is 0 Å². The maximum Gasteiger partial charge on any atom is 0.316 e. The molecule has 12 aliphatic rings. The normalized spacial score (nSPS) is 45.7. The summed E-state index contributed by atoms with van der Waals surface area (Å²) in [6, 6.07) is -1.77. The molecule has 10 heterocycles. The minimum Gasteiger partial charge on any atom is -0.462 e. The highest BCUT2D eigenvalue weighted by Gasteiger charge is 2.62. The highest BCUT2D eigenvalue weighted by atomic mass is 32.2. The molecule has 8 N–H and O–H groups in total. The molecule has 2 spiro atoms. The number of methoxy groups -OCH3 is 2. The summed E-state index contributed by atoms with van der Waals surface area (Å²) in [4.78, 5) is 29.1. The van der Waals surface area contributed by atoms with Gasteiger partial charge in [-0.2, -0.15) is 26.3 Å². The van der Waals surface area contributed by atoms with E-state index in [1.165, 1.54) is 14.2 Å². The quantitative estimate of drug-likeness (QED) is 0.0325. The van der Waals surface area contributed by atoms with Crippen LogP contribution < -0.4 is 18.9 Å². The molecule has 0 radical (unpaired) electrons. The molecule has 6 fully saturated rings. The topological polar surface area (TPSA) is 361 Å². The summed E-state index contributed by atoms with van der Waals surface area (Å²) >= 11 is 0. The van der Waals surface area contributed by atoms with Crippen molar-refractivity contribution in [1.29, 1.82) is 0 Å². The zero-order valence-electron chi connectivity index (χ0n) is 69.6. The van der Waals surface area contributed by atoms with E-state index < -0.39 is 177 Å². The Balaban J connectivity index is 0.668. The summed E-state index contributed by atoms with van der Waals surface area (Å²) in [6.07, 6.45) is 16.9. The lowest BCUT2D eigenvalue weighted by molar-refractivity contribution is -0.301. The molecule has 10 aliphatic heterocycles. The van der Waals surface area contributed by atoms with Crippen molar-refractivity contribution in [2.75, 3.05) is 40.5 Å². The van der Waals surface area contributed by atoms with Crippen LogP contribution >= 0.6 is 0 Å². The number of aliphatic hydroxyl groups excluding tert-OH is 2. The van der Waals surface area contributed by atoms with Gasteiger partial charge in [-0.3, -0.25) is 9.59 Å². The van der Waals surface area contributed by atoms with E-state index >= 15 is 0 Å². The van der Waals surface area contributed by atoms with Gasteiger partial charge in [0, 0.05) is 89.5 Å². The SMILES string of the molecule is CCC(C)[C@H]1O[C@]2(C=C[C@@H]1C)C[C@@H]1C[C@@H](C/C=C(\C)[C@@H](O[C@H]3C[C@H](OC)[C@@H](NS(=O)(=O)NCCCNS(=O)(=O)N[C@H]4[C@H](C)O[C@@H](O[C@@H]5/C(C)=C/C[C@@H]6C[C@@H](C[C@]7(C=C[C@H](C)[C@@H](C(C)CC)O7)O6)OC(=O)[C@@H]6C=C(C)[C@@H](O)[C@H]7OC/C(=C\C=C\[C@@H]5C)[C@]76O)C[C@@H]4OC)[C@H](C)O3)[C@@H](C)/C=C/C=C3\CO[C@@H]4[C@H](O)C(C)=C[C@@H](C(=O)O1)[C@]34O)O2. The molecular formula is C85H128N4O24S2. The molecule has 0 saturated carbocycles. The Kier molecular flexibility index (Phi) is 28.9. The van der Waals surface area contributed by atoms with Crippen molar-refractivity contribution in [3.05, 3.63) is 119 Å². The summed E-state index contributed by atoms with van der Waals surface area (Å²) in [5, 5.41) is 48.1. The van der Waals surface area contributed by atoms with Crippen molar-refractivity contribution in [1.82, 2.24) is 18.9 Å². The lowest BCUT2D eigenvalue weighted by Gasteiger charge is -2.48. The molecule has 0 aromatic rings. The van der Waals surface area contributed by atoms with E-state index in [-0.39, 0.29) is 106 Å². The molecule has 32 atom stereocenters. The second-order valence-corrected chi connectivity index (χ2v) is 37.7. The van der Waals surface area contributed by atoms with Crippen LogP contribution in [0.15, 0.2) is 119 Å². The average molecular weight is 1650 g/mol. The molecule has 644 valence electrons. The number of nitrogens with one attached hydrogen (secondary N) is 4. The lowest BCUT2D eigenvalue weighted by Crippen LogP contribution is -2.59. The smallest absolute Gasteiger partial charge is 0.316 e. The second kappa shape index (κ2) is 37.0. The largest absolute Gasteiger partial charge is 0.462 e. The maximum atomic E-state index is 14.6. The van der Waals surface area contributed by atoms with E-state index in [0.29, 0.717) is 48.0 Å². The highest BCUT2D eigenvalue weighted by Crippen LogP contribution is 2.50. The fourth-order valence-electron chi connectivity index (χ4n) is 19.1. The first-order valence-electron chi connectivity index (χ1n) is 41.7. The Morgan fingerprint density at radius 3 is 1.30 bits per heavy atom. The number of hydrogen-bond acceptors (Lipinski definition) is 24. The number of hydrogen-bond donors (Lipinski definition) is 8. The molecule has 12 rings (SSSR count). The second-order valence-electron chi connectivity index (χ2n) is 34.6. The van der Waals surface area contributed by atoms with E-state index in [2.05, 4.69) is 84.7 Å². The van der Waals surface area contributed by atoms with Crippen molar-refractivity contribution in [3.8, 4) is 0 Å². The molecule has 2 aliphatic carbocycles. The van der Waals surface area contributed by atoms with Crippen LogP contribution in [0.3, 0.4) is 0 Å². The Morgan fingerprint density at radius 1 is 0.539 bits per heavy atom. The number of ether oxygens (including phenoxy) is 14. The van der Waals surface area contributed by atoms with Crippen molar-refractivity contribution >= 4 is 32.4 Å². The highest BCUT2D eigenvalue weighted by molar-refractivity contribution is 7.87. The first-order valence-corrected chi connectivity index (χ1v) is 44.6. The Labute approximate surface area is 680 Å². The van der Waals surface area contributed by atoms with E-state index in [0.717, 1.165) is 24.0 Å². The first-order chi connectivity index (χ1) is 54.5. The van der Waals surface area contributed by atoms with Gasteiger partial charge in [0.1, 0.15) is 59.7 Å². The third-order valence-electron chi connectivity index (χ3n) is 26.2. The number of aliphatic hydroxyl groups is 4. The number of rotatable bonds is 20. The number of carbonyl (C=O) groups is 2. The molecule has 0 aromatic carbocycles. The summed E-state index contributed by atoms with van der Waals surface area (Å²) in [6.45, 7) is 27.1. The van der Waals surface area contributed by atoms with Crippen molar-refractivity contribution in [3.63, 3.8) is 0 Å². The van der Waals surface area contributed by atoms with E-state index in [4.69, 9.17) is 66.3 Å². The fourth-order valence-corrected chi connectivity index (χ4v) is 21.5. The van der Waals surface area contributed by atoms with Crippen LogP contribution in [-0.4, -0.2) is 235 Å². The standard InChI is InChI=1S/C85H128N4O24S2/c1-17-46(3)76-52(9)30-32-82(112-76)42-62-38-60(110-82)28-26-50(7)74(48(5)22-19-24-58-44-102-78-72(90)54(11)36-64(80(92)106-62)84(58,78)94)108-68-40-66(100-15)70(56(13)104-68)88-114(96,97)86-34-21-35-87-115(98,99)89-71-57(14)105-69(41-67(71)101-16)109-75-49(6)23-20-25-59-45-103-79-73(91)55(12)37-65(85(59,79)95)81(93)107-63-39-61(29-27-51(75)8)111-83(43-63)33-31-53(10)77(113-83)47(4)18-2/h19-20,22-27,30-33,36-37,46-49,52-53,56-57,60-79,86-91,94-95H,17-18,21,28-29,34-35,38-45H2,1-16H3/b22-19+,23-20+,50-26+,51-27+,58-24+,59-25+/t46?,47?,48-,49-,52-,53-,56-,57-,60+,61+,62-,63-,64-,65-,66-,67-,68-,69-,70-,71-,72+,73+,74-,75-,76+,77+,78+,79+,82+,83+,84+,85+/m0/s1. The molecule has 4 bridgehead atoms. The van der Waals surface area contributed by atoms with Gasteiger partial charge < -0.3 is 86.7 Å². The number of fused-ring (bicyclic) bond motifs is 4. The minimum absolute atomic E-state index is 0.0449. The third-order valence-corrected chi connectivity index (χ3v) is 28.5. The Hall–Kier alpha value is -4.56. The van der Waals surface area contributed by atoms with Crippen LogP contribution in [0.25, 0.3) is 0 Å². The van der Waals surface area contributed by atoms with Gasteiger partial charge >= 0.3 is 11.9 Å². The van der Waals surface area contributed by atoms with E-state index in [1.807, 2.05) is 52.0 Å². The van der Waals surface area contributed by atoms with Crippen LogP contribution in [0.1, 0.15) is 168 Å². The summed E-state index contributed by atoms with van der Waals surface area (Å²) < 4.78 is 158. The molecule has 0 amide bonds. The zero-order chi connectivity index (χ0) is 83.0. The van der Waals surface area contributed by atoms with E-state index in [1.54, 1.807) is 64.2 Å². The van der Waals surface area contributed by atoms with Gasteiger partial charge in [-0.1, -0.05) is 141 Å². The predicted molar refractivity (Wildman–Crippen MR) is 426 cm³/mol. The Bertz CT molecular complexity index is 3760. The molecule has 30 heteroatoms. The number of allylic oxidation sites excluding steroid dienone is 4. The van der Waals surface area contributed by atoms with Crippen molar-refractivity contribution < 1.29 is 113 Å². The van der Waals surface area contributed by atoms with Gasteiger partial charge in [-0.05, 0) is 118 Å². The van der Waals surface area contributed by atoms with Crippen molar-refractivity contribution in [2.24, 2.45) is 47.3 Å². The third kappa shape index (κ3) is 19.7. The van der Waals surface area contributed by atoms with E-state index in [9.17, 15) is 46.9 Å². The summed E-state index contributed by atoms with van der Waals surface area (Å²) in [5.74, 6) is -6.14. The van der Waals surface area contributed by atoms with Crippen LogP contribution in [0.4, 0.5) is 0 Å². The lowest BCUT2D eigenvalue weighted by atomic mass is 9.71. The zero-order valence-corrected chi connectivity index (χ0v) is 71.3. The summed E-state index contributed by atoms with van der Waals surface area (Å²) in [5.41, 5.74) is -0.405. The van der Waals surface area contributed by atoms with Gasteiger partial charge in [-0.25, -0.2) is 9.44 Å². The Morgan fingerprint density at radius 2 is 0.930 bits per heavy atom. The predicted octanol–water partition coefficient (Wildman–Crippen LogP) is 7.95. The van der Waals surface area contributed by atoms with Gasteiger partial charge in [-0.15, -0.1) is 0 Å². The monoisotopic (exact) mass is 1650 g/mol. The molecule has 6 saturated heterocycles. The summed E-state index contributed by atoms with van der Waals surface area (Å²) in [7, 11) is -5.52. The molecular weight excluding hydrogens is 1530 g/mol. The van der Waals surface area contributed by atoms with Crippen LogP contribution in [0, 0.1) is 47.3 Å². The molecule has 2 unspecified atom stereocenters. The average Bonchev–Trinajstić information content (AvgIpc) is 1.62. The van der Waals surface area contributed by atoms with Gasteiger partial charge in [0.05, 0.1) is 86.3 Å². The number of carbonyl (C=O) groups excluding carboxylic acids is 2. The van der Waals surface area contributed by atoms with Gasteiger partial charge in [0.25, 0.3) is 20.4 Å². The van der Waals surface area contributed by atoms with Crippen molar-refractivity contribution in [2.45, 2.75) is 313 Å². The number of esters is 2. The van der Waals surface area contributed by atoms with Crippen LogP contribution in [-0.2, 0) is 96.3 Å². The molecule has 0 aromatic heterocycles. The maximum absolute atomic E-state index is 14.6. The van der Waals surface area contributed by atoms with Gasteiger partial charge in [0.15, 0.2) is 24.2 Å². The molecule has 115 heavy (non-hydrogen) atoms. The van der Waals surface area contributed by atoms with Crippen LogP contribution in [0.5, 0.6) is 0 Å². The van der Waals surface area contributed by atoms with Gasteiger partial charge in [0.2, 0.25) is 0 Å². The first kappa shape index (κ1) is 89.7. The fraction of sp³-hybridized carbons (Fsp3) is 0.741.